The largest absolute Gasteiger partial charge is 0.397 e. The van der Waals surface area contributed by atoms with E-state index in [1.165, 1.54) is 35.3 Å². The minimum absolute atomic E-state index is 0.00822. The molecule has 0 amide bonds. The number of fused-ring (bicyclic) bond motifs is 2. The maximum atomic E-state index is 12.8. The molecule has 1 aromatic carbocycles. The van der Waals surface area contributed by atoms with Crippen molar-refractivity contribution in [1.29, 1.82) is 0 Å². The number of benzene rings is 1. The van der Waals surface area contributed by atoms with Gasteiger partial charge in [-0.25, -0.2) is 4.98 Å². The van der Waals surface area contributed by atoms with Crippen LogP contribution in [0.4, 0.5) is 5.69 Å². The summed E-state index contributed by atoms with van der Waals surface area (Å²) in [5.41, 5.74) is 10.1. The van der Waals surface area contributed by atoms with E-state index in [2.05, 4.69) is 11.1 Å². The lowest BCUT2D eigenvalue weighted by Gasteiger charge is -2.16. The van der Waals surface area contributed by atoms with Crippen molar-refractivity contribution in [3.8, 4) is 0 Å². The lowest BCUT2D eigenvalue weighted by atomic mass is 9.89. The van der Waals surface area contributed by atoms with Gasteiger partial charge < -0.3 is 5.73 Å². The van der Waals surface area contributed by atoms with Crippen LogP contribution in [0.5, 0.6) is 0 Å². The molecule has 0 unspecified atom stereocenters. The predicted octanol–water partition coefficient (Wildman–Crippen LogP) is 3.99. The first-order chi connectivity index (χ1) is 10.7. The molecule has 1 aliphatic rings. The van der Waals surface area contributed by atoms with E-state index in [1.54, 1.807) is 6.20 Å². The quantitative estimate of drug-likeness (QED) is 0.728. The second-order valence-corrected chi connectivity index (χ2v) is 6.72. The van der Waals surface area contributed by atoms with Gasteiger partial charge in [-0.1, -0.05) is 12.1 Å². The molecule has 22 heavy (non-hydrogen) atoms. The number of hydrogen-bond donors (Lipinski definition) is 1. The summed E-state index contributed by atoms with van der Waals surface area (Å²) < 4.78 is 0. The molecule has 0 spiro atoms. The van der Waals surface area contributed by atoms with Crippen LogP contribution in [0.3, 0.4) is 0 Å². The minimum Gasteiger partial charge on any atom is -0.397 e. The maximum Gasteiger partial charge on any atom is 0.205 e. The molecule has 4 heteroatoms. The number of nitrogens with zero attached hydrogens (tertiary/aromatic N) is 1. The molecule has 0 fully saturated rings. The third-order valence-electron chi connectivity index (χ3n) is 4.32. The molecule has 0 atom stereocenters. The lowest BCUT2D eigenvalue weighted by molar-refractivity contribution is 0.104. The summed E-state index contributed by atoms with van der Waals surface area (Å²) in [5.74, 6) is 0.00822. The number of ketones is 1. The summed E-state index contributed by atoms with van der Waals surface area (Å²) in [5, 5.41) is 0.869. The summed E-state index contributed by atoms with van der Waals surface area (Å²) in [6.07, 6.45) is 6.37. The number of nitrogens with two attached hydrogens (primary N) is 1. The Kier molecular flexibility index (Phi) is 3.19. The Morgan fingerprint density at radius 2 is 1.95 bits per heavy atom. The summed E-state index contributed by atoms with van der Waals surface area (Å²) in [6.45, 7) is 0. The van der Waals surface area contributed by atoms with Crippen molar-refractivity contribution in [2.24, 2.45) is 0 Å². The molecule has 0 radical (unpaired) electrons. The highest BCUT2D eigenvalue weighted by Gasteiger charge is 2.20. The van der Waals surface area contributed by atoms with E-state index >= 15 is 0 Å². The number of rotatable bonds is 2. The standard InChI is InChI=1S/C18H16N2OS/c19-15-14-6-3-9-20-18(14)22-17(15)16(21)13-8-7-11-4-1-2-5-12(11)10-13/h3,6-10H,1-2,4-5,19H2. The SMILES string of the molecule is Nc1c(C(=O)c2ccc3c(c2)CCCC3)sc2ncccc12. The third-order valence-corrected chi connectivity index (χ3v) is 5.45. The van der Waals surface area contributed by atoms with E-state index < -0.39 is 0 Å². The van der Waals surface area contributed by atoms with E-state index in [0.717, 1.165) is 28.6 Å². The average Bonchev–Trinajstić information content (AvgIpc) is 2.91. The van der Waals surface area contributed by atoms with Gasteiger partial charge in [-0.3, -0.25) is 4.79 Å². The number of thiophene rings is 1. The van der Waals surface area contributed by atoms with Crippen molar-refractivity contribution < 1.29 is 4.79 Å². The second kappa shape index (κ2) is 5.21. The van der Waals surface area contributed by atoms with Gasteiger partial charge in [0.1, 0.15) is 9.71 Å². The third kappa shape index (κ3) is 2.11. The van der Waals surface area contributed by atoms with Crippen molar-refractivity contribution in [2.75, 3.05) is 5.73 Å². The van der Waals surface area contributed by atoms with Crippen LogP contribution in [0.25, 0.3) is 10.2 Å². The molecule has 1 aliphatic carbocycles. The van der Waals surface area contributed by atoms with Gasteiger partial charge in [-0.2, -0.15) is 0 Å². The highest BCUT2D eigenvalue weighted by molar-refractivity contribution is 7.21. The van der Waals surface area contributed by atoms with Gasteiger partial charge in [0.2, 0.25) is 5.78 Å². The Labute approximate surface area is 132 Å². The molecule has 3 nitrogen and oxygen atoms in total. The number of carbonyl (C=O) groups excluding carboxylic acids is 1. The van der Waals surface area contributed by atoms with Crippen LogP contribution in [-0.4, -0.2) is 10.8 Å². The minimum atomic E-state index is 0.00822. The molecule has 4 rings (SSSR count). The fourth-order valence-corrected chi connectivity index (χ4v) is 4.15. The first-order valence-electron chi connectivity index (χ1n) is 7.53. The predicted molar refractivity (Wildman–Crippen MR) is 90.5 cm³/mol. The second-order valence-electron chi connectivity index (χ2n) is 5.72. The molecule has 2 aromatic heterocycles. The molecule has 2 N–H and O–H groups in total. The summed E-state index contributed by atoms with van der Waals surface area (Å²) in [4.78, 5) is 18.5. The van der Waals surface area contributed by atoms with Crippen LogP contribution in [0.2, 0.25) is 0 Å². The van der Waals surface area contributed by atoms with Crippen molar-refractivity contribution in [2.45, 2.75) is 25.7 Å². The fourth-order valence-electron chi connectivity index (χ4n) is 3.13. The molecular formula is C18H16N2OS. The molecule has 0 aliphatic heterocycles. The van der Waals surface area contributed by atoms with Gasteiger partial charge in [0.05, 0.1) is 5.69 Å². The van der Waals surface area contributed by atoms with Crippen LogP contribution in [0.15, 0.2) is 36.5 Å². The monoisotopic (exact) mass is 308 g/mol. The fraction of sp³-hybridized carbons (Fsp3) is 0.222. The van der Waals surface area contributed by atoms with Gasteiger partial charge in [-0.05, 0) is 55.0 Å². The number of pyridine rings is 1. The van der Waals surface area contributed by atoms with Crippen LogP contribution in [0, 0.1) is 0 Å². The van der Waals surface area contributed by atoms with Crippen LogP contribution in [-0.2, 0) is 12.8 Å². The normalized spacial score (nSPS) is 14.0. The van der Waals surface area contributed by atoms with E-state index in [-0.39, 0.29) is 5.78 Å². The molecule has 0 saturated heterocycles. The highest BCUT2D eigenvalue weighted by Crippen LogP contribution is 2.34. The van der Waals surface area contributed by atoms with E-state index in [4.69, 9.17) is 5.73 Å². The first-order valence-corrected chi connectivity index (χ1v) is 8.35. The number of carbonyl (C=O) groups is 1. The van der Waals surface area contributed by atoms with E-state index in [1.807, 2.05) is 24.3 Å². The van der Waals surface area contributed by atoms with Crippen molar-refractivity contribution in [1.82, 2.24) is 4.98 Å². The molecule has 0 bridgehead atoms. The zero-order valence-corrected chi connectivity index (χ0v) is 13.0. The van der Waals surface area contributed by atoms with Gasteiger partial charge in [-0.15, -0.1) is 11.3 Å². The Hall–Kier alpha value is -2.20. The van der Waals surface area contributed by atoms with Crippen LogP contribution in [0.1, 0.15) is 39.2 Å². The maximum absolute atomic E-state index is 12.8. The first kappa shape index (κ1) is 13.5. The zero-order valence-electron chi connectivity index (χ0n) is 12.1. The molecule has 2 heterocycles. The Morgan fingerprint density at radius 1 is 1.14 bits per heavy atom. The summed E-state index contributed by atoms with van der Waals surface area (Å²) >= 11 is 1.38. The van der Waals surface area contributed by atoms with E-state index in [0.29, 0.717) is 10.6 Å². The van der Waals surface area contributed by atoms with Crippen molar-refractivity contribution in [3.63, 3.8) is 0 Å². The smallest absolute Gasteiger partial charge is 0.205 e. The van der Waals surface area contributed by atoms with Crippen LogP contribution >= 0.6 is 11.3 Å². The molecular weight excluding hydrogens is 292 g/mol. The Bertz CT molecular complexity index is 882. The number of aromatic nitrogens is 1. The van der Waals surface area contributed by atoms with Crippen molar-refractivity contribution in [3.05, 3.63) is 58.1 Å². The number of hydrogen-bond acceptors (Lipinski definition) is 4. The lowest BCUT2D eigenvalue weighted by Crippen LogP contribution is -2.07. The Morgan fingerprint density at radius 3 is 2.77 bits per heavy atom. The van der Waals surface area contributed by atoms with Gasteiger partial charge >= 0.3 is 0 Å². The molecule has 110 valence electrons. The topological polar surface area (TPSA) is 56.0 Å². The number of nitrogen functional groups attached to an aromatic ring is 1. The molecule has 3 aromatic rings. The van der Waals surface area contributed by atoms with Crippen LogP contribution < -0.4 is 5.73 Å². The van der Waals surface area contributed by atoms with Gasteiger partial charge in [0, 0.05) is 17.1 Å². The highest BCUT2D eigenvalue weighted by atomic mass is 32.1. The zero-order chi connectivity index (χ0) is 15.1. The van der Waals surface area contributed by atoms with Gasteiger partial charge in [0.25, 0.3) is 0 Å². The number of aryl methyl sites for hydroxylation is 2. The summed E-state index contributed by atoms with van der Waals surface area (Å²) in [7, 11) is 0. The summed E-state index contributed by atoms with van der Waals surface area (Å²) in [6, 6.07) is 9.84. The molecule has 0 saturated carbocycles. The van der Waals surface area contributed by atoms with Crippen molar-refractivity contribution >= 4 is 33.0 Å². The number of anilines is 1. The van der Waals surface area contributed by atoms with E-state index in [9.17, 15) is 4.79 Å². The Balaban J connectivity index is 1.78. The average molecular weight is 308 g/mol. The van der Waals surface area contributed by atoms with Gasteiger partial charge in [0.15, 0.2) is 0 Å².